The van der Waals surface area contributed by atoms with Gasteiger partial charge in [-0.1, -0.05) is 12.1 Å². The van der Waals surface area contributed by atoms with Crippen molar-refractivity contribution in [2.24, 2.45) is 0 Å². The Balaban J connectivity index is 1.82. The Hall–Kier alpha value is -3.06. The number of carbonyl (C=O) groups is 1. The maximum Gasteiger partial charge on any atom is 0.265 e. The Bertz CT molecular complexity index is 928. The van der Waals surface area contributed by atoms with Crippen LogP contribution in [-0.2, 0) is 0 Å². The number of thiophene rings is 1. The number of ether oxygens (including phenoxy) is 3. The van der Waals surface area contributed by atoms with E-state index in [-0.39, 0.29) is 11.7 Å². The normalized spacial score (nSPS) is 10.4. The number of amides is 1. The molecular weight excluding hydrogens is 369 g/mol. The number of carbonyl (C=O) groups excluding carboxylic acids is 1. The van der Waals surface area contributed by atoms with Crippen LogP contribution >= 0.6 is 11.3 Å². The first-order valence-corrected chi connectivity index (χ1v) is 8.84. The van der Waals surface area contributed by atoms with Crippen LogP contribution < -0.4 is 19.5 Å². The van der Waals surface area contributed by atoms with E-state index < -0.39 is 0 Å². The highest BCUT2D eigenvalue weighted by atomic mass is 32.1. The number of nitrogens with one attached hydrogen (secondary N) is 1. The molecular formula is C20H18FNO4S. The lowest BCUT2D eigenvalue weighted by Gasteiger charge is -2.14. The molecule has 0 spiro atoms. The Morgan fingerprint density at radius 3 is 2.11 bits per heavy atom. The quantitative estimate of drug-likeness (QED) is 0.658. The van der Waals surface area contributed by atoms with Gasteiger partial charge in [0.1, 0.15) is 5.82 Å². The molecule has 1 heterocycles. The molecule has 0 aliphatic rings. The van der Waals surface area contributed by atoms with Gasteiger partial charge in [-0.05, 0) is 29.8 Å². The van der Waals surface area contributed by atoms with Crippen LogP contribution in [-0.4, -0.2) is 27.2 Å². The lowest BCUT2D eigenvalue weighted by molar-refractivity contribution is 0.103. The summed E-state index contributed by atoms with van der Waals surface area (Å²) in [5.41, 5.74) is 1.37. The van der Waals surface area contributed by atoms with E-state index in [9.17, 15) is 9.18 Å². The summed E-state index contributed by atoms with van der Waals surface area (Å²) in [6, 6.07) is 13.0. The van der Waals surface area contributed by atoms with E-state index in [1.54, 1.807) is 30.3 Å². The fraction of sp³-hybridized carbons (Fsp3) is 0.150. The lowest BCUT2D eigenvalue weighted by Crippen LogP contribution is -2.10. The number of anilines is 1. The summed E-state index contributed by atoms with van der Waals surface area (Å²) in [5.74, 6) is 0.793. The molecule has 2 aromatic carbocycles. The highest BCUT2D eigenvalue weighted by Gasteiger charge is 2.16. The van der Waals surface area contributed by atoms with Crippen molar-refractivity contribution in [1.29, 1.82) is 0 Å². The summed E-state index contributed by atoms with van der Waals surface area (Å²) in [4.78, 5) is 14.0. The Kier molecular flexibility index (Phi) is 5.61. The monoisotopic (exact) mass is 387 g/mol. The van der Waals surface area contributed by atoms with Crippen LogP contribution in [0.2, 0.25) is 0 Å². The van der Waals surface area contributed by atoms with Crippen molar-refractivity contribution in [1.82, 2.24) is 0 Å². The predicted molar refractivity (Wildman–Crippen MR) is 104 cm³/mol. The van der Waals surface area contributed by atoms with E-state index in [0.29, 0.717) is 27.8 Å². The molecule has 0 aliphatic carbocycles. The minimum Gasteiger partial charge on any atom is -0.493 e. The fourth-order valence-electron chi connectivity index (χ4n) is 2.58. The van der Waals surface area contributed by atoms with Crippen LogP contribution in [0.25, 0.3) is 10.4 Å². The van der Waals surface area contributed by atoms with E-state index >= 15 is 0 Å². The topological polar surface area (TPSA) is 56.8 Å². The van der Waals surface area contributed by atoms with E-state index in [2.05, 4.69) is 5.32 Å². The molecule has 140 valence electrons. The highest BCUT2D eigenvalue weighted by molar-refractivity contribution is 7.17. The van der Waals surface area contributed by atoms with Gasteiger partial charge in [-0.15, -0.1) is 11.3 Å². The molecule has 0 unspecified atom stereocenters. The van der Waals surface area contributed by atoms with Gasteiger partial charge in [0.15, 0.2) is 11.5 Å². The van der Waals surface area contributed by atoms with Crippen molar-refractivity contribution in [2.75, 3.05) is 26.6 Å². The van der Waals surface area contributed by atoms with E-state index in [4.69, 9.17) is 14.2 Å². The van der Waals surface area contributed by atoms with Gasteiger partial charge in [0.2, 0.25) is 5.75 Å². The number of hydrogen-bond donors (Lipinski definition) is 1. The summed E-state index contributed by atoms with van der Waals surface area (Å²) in [5, 5.41) is 2.83. The van der Waals surface area contributed by atoms with Crippen LogP contribution in [0.3, 0.4) is 0 Å². The lowest BCUT2D eigenvalue weighted by atomic mass is 10.2. The summed E-state index contributed by atoms with van der Waals surface area (Å²) < 4.78 is 28.9. The SMILES string of the molecule is COc1cc(NC(=O)c2ccc(-c3ccc(F)cc3)s2)cc(OC)c1OC. The van der Waals surface area contributed by atoms with Gasteiger partial charge >= 0.3 is 0 Å². The number of benzene rings is 2. The molecule has 1 N–H and O–H groups in total. The van der Waals surface area contributed by atoms with Gasteiger partial charge in [0.05, 0.1) is 26.2 Å². The third-order valence-electron chi connectivity index (χ3n) is 3.88. The van der Waals surface area contributed by atoms with Crippen LogP contribution in [0.5, 0.6) is 17.2 Å². The molecule has 5 nitrogen and oxygen atoms in total. The zero-order valence-corrected chi connectivity index (χ0v) is 15.9. The molecule has 0 aliphatic heterocycles. The van der Waals surface area contributed by atoms with Gasteiger partial charge in [-0.3, -0.25) is 4.79 Å². The van der Waals surface area contributed by atoms with Gasteiger partial charge in [-0.2, -0.15) is 0 Å². The Morgan fingerprint density at radius 2 is 1.56 bits per heavy atom. The smallest absolute Gasteiger partial charge is 0.265 e. The van der Waals surface area contributed by atoms with Crippen LogP contribution in [0.15, 0.2) is 48.5 Å². The van der Waals surface area contributed by atoms with Crippen molar-refractivity contribution in [3.05, 3.63) is 59.2 Å². The Morgan fingerprint density at radius 1 is 0.926 bits per heavy atom. The molecule has 3 aromatic rings. The average molecular weight is 387 g/mol. The van der Waals surface area contributed by atoms with Crippen molar-refractivity contribution >= 4 is 22.9 Å². The van der Waals surface area contributed by atoms with Crippen LogP contribution in [0.1, 0.15) is 9.67 Å². The van der Waals surface area contributed by atoms with Crippen molar-refractivity contribution in [3.63, 3.8) is 0 Å². The predicted octanol–water partition coefficient (Wildman–Crippen LogP) is 4.83. The fourth-order valence-corrected chi connectivity index (χ4v) is 3.48. The first kappa shape index (κ1) is 18.7. The summed E-state index contributed by atoms with van der Waals surface area (Å²) in [6.07, 6.45) is 0. The van der Waals surface area contributed by atoms with Gasteiger partial charge in [-0.25, -0.2) is 4.39 Å². The van der Waals surface area contributed by atoms with Gasteiger partial charge < -0.3 is 19.5 Å². The zero-order valence-electron chi connectivity index (χ0n) is 15.0. The molecule has 0 fully saturated rings. The van der Waals surface area contributed by atoms with E-state index in [1.807, 2.05) is 6.07 Å². The largest absolute Gasteiger partial charge is 0.493 e. The second kappa shape index (κ2) is 8.09. The first-order chi connectivity index (χ1) is 13.0. The van der Waals surface area contributed by atoms with Crippen molar-refractivity contribution in [2.45, 2.75) is 0 Å². The van der Waals surface area contributed by atoms with Crippen LogP contribution in [0.4, 0.5) is 10.1 Å². The number of rotatable bonds is 6. The molecule has 0 radical (unpaired) electrons. The minimum absolute atomic E-state index is 0.261. The number of methoxy groups -OCH3 is 3. The van der Waals surface area contributed by atoms with Gasteiger partial charge in [0, 0.05) is 22.7 Å². The standard InChI is InChI=1S/C20H18FNO4S/c1-24-15-10-14(11-16(25-2)19(15)26-3)22-20(23)18-9-8-17(27-18)12-4-6-13(21)7-5-12/h4-11H,1-3H3,(H,22,23). The molecule has 7 heteroatoms. The third-order valence-corrected chi connectivity index (χ3v) is 5.01. The molecule has 0 bridgehead atoms. The molecule has 0 saturated carbocycles. The molecule has 0 saturated heterocycles. The average Bonchev–Trinajstić information content (AvgIpc) is 3.18. The number of halogens is 1. The third kappa shape index (κ3) is 4.03. The summed E-state index contributed by atoms with van der Waals surface area (Å²) in [7, 11) is 4.54. The van der Waals surface area contributed by atoms with Crippen LogP contribution in [0, 0.1) is 5.82 Å². The number of hydrogen-bond acceptors (Lipinski definition) is 5. The minimum atomic E-state index is -0.296. The first-order valence-electron chi connectivity index (χ1n) is 8.03. The molecule has 27 heavy (non-hydrogen) atoms. The van der Waals surface area contributed by atoms with E-state index in [0.717, 1.165) is 10.4 Å². The summed E-state index contributed by atoms with van der Waals surface area (Å²) >= 11 is 1.33. The Labute approximate surface area is 160 Å². The van der Waals surface area contributed by atoms with Crippen molar-refractivity contribution < 1.29 is 23.4 Å². The molecule has 0 atom stereocenters. The maximum absolute atomic E-state index is 13.1. The highest BCUT2D eigenvalue weighted by Crippen LogP contribution is 2.40. The zero-order chi connectivity index (χ0) is 19.4. The second-order valence-electron chi connectivity index (χ2n) is 5.54. The van der Waals surface area contributed by atoms with Crippen molar-refractivity contribution in [3.8, 4) is 27.7 Å². The summed E-state index contributed by atoms with van der Waals surface area (Å²) in [6.45, 7) is 0. The molecule has 1 aromatic heterocycles. The van der Waals surface area contributed by atoms with E-state index in [1.165, 1.54) is 44.8 Å². The molecule has 1 amide bonds. The maximum atomic E-state index is 13.1. The molecule has 3 rings (SSSR count). The van der Waals surface area contributed by atoms with Gasteiger partial charge in [0.25, 0.3) is 5.91 Å². The second-order valence-corrected chi connectivity index (χ2v) is 6.62.